The van der Waals surface area contributed by atoms with Gasteiger partial charge in [-0.2, -0.15) is 0 Å². The van der Waals surface area contributed by atoms with Gasteiger partial charge in [-0.05, 0) is 24.8 Å². The molecule has 0 unspecified atom stereocenters. The van der Waals surface area contributed by atoms with Crippen LogP contribution in [0.2, 0.25) is 0 Å². The Bertz CT molecular complexity index is 292. The molecular formula is C14H22O3. The third kappa shape index (κ3) is 2.89. The maximum absolute atomic E-state index is 11.5. The summed E-state index contributed by atoms with van der Waals surface area (Å²) >= 11 is 0. The average Bonchev–Trinajstić information content (AvgIpc) is 2.39. The molecule has 0 N–H and O–H groups in total. The number of hydrogen-bond donors (Lipinski definition) is 0. The molecule has 2 rings (SSSR count). The van der Waals surface area contributed by atoms with E-state index in [4.69, 9.17) is 9.47 Å². The fourth-order valence-electron chi connectivity index (χ4n) is 2.98. The van der Waals surface area contributed by atoms with E-state index >= 15 is 0 Å². The van der Waals surface area contributed by atoms with Crippen LogP contribution in [-0.4, -0.2) is 25.3 Å². The van der Waals surface area contributed by atoms with Gasteiger partial charge in [-0.15, -0.1) is 0 Å². The molecule has 3 nitrogen and oxygen atoms in total. The molecule has 1 fully saturated rings. The molecule has 17 heavy (non-hydrogen) atoms. The number of hydrogen-bond acceptors (Lipinski definition) is 3. The van der Waals surface area contributed by atoms with Crippen LogP contribution >= 0.6 is 0 Å². The Morgan fingerprint density at radius 1 is 1.24 bits per heavy atom. The van der Waals surface area contributed by atoms with E-state index in [0.717, 1.165) is 0 Å². The van der Waals surface area contributed by atoms with Gasteiger partial charge >= 0.3 is 5.97 Å². The Labute approximate surface area is 103 Å². The summed E-state index contributed by atoms with van der Waals surface area (Å²) in [4.78, 5) is 11.5. The molecule has 1 saturated carbocycles. The molecule has 3 heteroatoms. The van der Waals surface area contributed by atoms with Crippen LogP contribution in [0.15, 0.2) is 12.2 Å². The van der Waals surface area contributed by atoms with Gasteiger partial charge in [-0.3, -0.25) is 0 Å². The van der Waals surface area contributed by atoms with Crippen molar-refractivity contribution in [1.29, 1.82) is 0 Å². The van der Waals surface area contributed by atoms with Gasteiger partial charge in [0.1, 0.15) is 0 Å². The fourth-order valence-corrected chi connectivity index (χ4v) is 2.98. The Morgan fingerprint density at radius 2 is 1.94 bits per heavy atom. The SMILES string of the molecule is COC(=O)[C@@H]1C=C[C@@H](C)[C@@H](C2CCCCC2)O1. The lowest BCUT2D eigenvalue weighted by Crippen LogP contribution is -2.40. The Morgan fingerprint density at radius 3 is 2.59 bits per heavy atom. The Balaban J connectivity index is 2.01. The smallest absolute Gasteiger partial charge is 0.339 e. The molecular weight excluding hydrogens is 216 g/mol. The highest BCUT2D eigenvalue weighted by molar-refractivity contribution is 5.76. The molecule has 0 bridgehead atoms. The zero-order chi connectivity index (χ0) is 12.3. The summed E-state index contributed by atoms with van der Waals surface area (Å²) in [6.07, 6.45) is 10.0. The monoisotopic (exact) mass is 238 g/mol. The largest absolute Gasteiger partial charge is 0.467 e. The minimum Gasteiger partial charge on any atom is -0.467 e. The minimum absolute atomic E-state index is 0.185. The van der Waals surface area contributed by atoms with Crippen molar-refractivity contribution in [3.8, 4) is 0 Å². The van der Waals surface area contributed by atoms with E-state index in [1.807, 2.05) is 6.08 Å². The van der Waals surface area contributed by atoms with Crippen molar-refractivity contribution in [2.45, 2.75) is 51.2 Å². The predicted octanol–water partition coefficient (Wildman–Crippen LogP) is 2.70. The number of methoxy groups -OCH3 is 1. The van der Waals surface area contributed by atoms with Crippen LogP contribution in [0.25, 0.3) is 0 Å². The van der Waals surface area contributed by atoms with E-state index in [1.165, 1.54) is 39.2 Å². The minimum atomic E-state index is -0.497. The molecule has 0 radical (unpaired) electrons. The average molecular weight is 238 g/mol. The van der Waals surface area contributed by atoms with Gasteiger partial charge in [0, 0.05) is 5.92 Å². The van der Waals surface area contributed by atoms with Crippen molar-refractivity contribution in [2.24, 2.45) is 11.8 Å². The Hall–Kier alpha value is -0.830. The van der Waals surface area contributed by atoms with Gasteiger partial charge in [-0.1, -0.05) is 32.3 Å². The quantitative estimate of drug-likeness (QED) is 0.548. The van der Waals surface area contributed by atoms with Crippen LogP contribution in [0.1, 0.15) is 39.0 Å². The third-order valence-electron chi connectivity index (χ3n) is 3.96. The molecule has 96 valence electrons. The third-order valence-corrected chi connectivity index (χ3v) is 3.96. The van der Waals surface area contributed by atoms with Crippen LogP contribution < -0.4 is 0 Å². The molecule has 1 aliphatic heterocycles. The first kappa shape index (κ1) is 12.6. The van der Waals surface area contributed by atoms with Crippen LogP contribution in [0.5, 0.6) is 0 Å². The number of carbonyl (C=O) groups is 1. The maximum Gasteiger partial charge on any atom is 0.339 e. The first-order chi connectivity index (χ1) is 8.22. The van der Waals surface area contributed by atoms with Crippen molar-refractivity contribution in [1.82, 2.24) is 0 Å². The summed E-state index contributed by atoms with van der Waals surface area (Å²) in [6.45, 7) is 2.17. The van der Waals surface area contributed by atoms with Crippen molar-refractivity contribution in [3.05, 3.63) is 12.2 Å². The van der Waals surface area contributed by atoms with E-state index in [-0.39, 0.29) is 12.1 Å². The molecule has 0 aromatic carbocycles. The zero-order valence-corrected chi connectivity index (χ0v) is 10.7. The predicted molar refractivity (Wildman–Crippen MR) is 65.6 cm³/mol. The summed E-state index contributed by atoms with van der Waals surface area (Å²) < 4.78 is 10.7. The van der Waals surface area contributed by atoms with E-state index in [2.05, 4.69) is 13.0 Å². The molecule has 0 saturated heterocycles. The van der Waals surface area contributed by atoms with Gasteiger partial charge in [0.2, 0.25) is 0 Å². The molecule has 3 atom stereocenters. The second-order valence-corrected chi connectivity index (χ2v) is 5.19. The number of rotatable bonds is 2. The zero-order valence-electron chi connectivity index (χ0n) is 10.7. The summed E-state index contributed by atoms with van der Waals surface area (Å²) in [5.41, 5.74) is 0. The molecule has 0 spiro atoms. The Kier molecular flexibility index (Phi) is 4.21. The summed E-state index contributed by atoms with van der Waals surface area (Å²) in [7, 11) is 1.41. The number of esters is 1. The first-order valence-corrected chi connectivity index (χ1v) is 6.64. The van der Waals surface area contributed by atoms with E-state index in [9.17, 15) is 4.79 Å². The van der Waals surface area contributed by atoms with Crippen LogP contribution in [0.4, 0.5) is 0 Å². The van der Waals surface area contributed by atoms with E-state index in [1.54, 1.807) is 0 Å². The molecule has 0 aromatic heterocycles. The second-order valence-electron chi connectivity index (χ2n) is 5.19. The highest BCUT2D eigenvalue weighted by atomic mass is 16.6. The van der Waals surface area contributed by atoms with Crippen molar-refractivity contribution in [2.75, 3.05) is 7.11 Å². The fraction of sp³-hybridized carbons (Fsp3) is 0.786. The van der Waals surface area contributed by atoms with Gasteiger partial charge in [-0.25, -0.2) is 4.79 Å². The van der Waals surface area contributed by atoms with Crippen molar-refractivity contribution in [3.63, 3.8) is 0 Å². The normalized spacial score (nSPS) is 34.6. The van der Waals surface area contributed by atoms with Gasteiger partial charge < -0.3 is 9.47 Å². The lowest BCUT2D eigenvalue weighted by atomic mass is 9.80. The standard InChI is InChI=1S/C14H22O3/c1-10-8-9-12(14(15)16-2)17-13(10)11-6-4-3-5-7-11/h8-13H,3-7H2,1-2H3/t10-,12+,13+/m1/s1. The molecule has 1 heterocycles. The van der Waals surface area contributed by atoms with E-state index < -0.39 is 6.10 Å². The van der Waals surface area contributed by atoms with Crippen LogP contribution in [0.3, 0.4) is 0 Å². The van der Waals surface area contributed by atoms with Gasteiger partial charge in [0.25, 0.3) is 0 Å². The number of carbonyl (C=O) groups excluding carboxylic acids is 1. The van der Waals surface area contributed by atoms with Crippen LogP contribution in [-0.2, 0) is 14.3 Å². The molecule has 1 aliphatic carbocycles. The van der Waals surface area contributed by atoms with Crippen molar-refractivity contribution >= 4 is 5.97 Å². The van der Waals surface area contributed by atoms with Crippen molar-refractivity contribution < 1.29 is 14.3 Å². The maximum atomic E-state index is 11.5. The lowest BCUT2D eigenvalue weighted by Gasteiger charge is -2.37. The molecule has 0 amide bonds. The molecule has 2 aliphatic rings. The summed E-state index contributed by atoms with van der Waals surface area (Å²) in [6, 6.07) is 0. The highest BCUT2D eigenvalue weighted by Gasteiger charge is 2.34. The van der Waals surface area contributed by atoms with E-state index in [0.29, 0.717) is 11.8 Å². The number of ether oxygens (including phenoxy) is 2. The topological polar surface area (TPSA) is 35.5 Å². The first-order valence-electron chi connectivity index (χ1n) is 6.64. The second kappa shape index (κ2) is 5.67. The highest BCUT2D eigenvalue weighted by Crippen LogP contribution is 2.34. The summed E-state index contributed by atoms with van der Waals surface area (Å²) in [5.74, 6) is 0.726. The van der Waals surface area contributed by atoms with Gasteiger partial charge in [0.05, 0.1) is 13.2 Å². The molecule has 0 aromatic rings. The summed E-state index contributed by atoms with van der Waals surface area (Å²) in [5, 5.41) is 0. The van der Waals surface area contributed by atoms with Gasteiger partial charge in [0.15, 0.2) is 6.10 Å². The van der Waals surface area contributed by atoms with Crippen LogP contribution in [0, 0.1) is 11.8 Å². The lowest BCUT2D eigenvalue weighted by molar-refractivity contribution is -0.159.